The van der Waals surface area contributed by atoms with Crippen LogP contribution in [0.4, 0.5) is 0 Å². The minimum absolute atomic E-state index is 0.00785. The van der Waals surface area contributed by atoms with E-state index in [2.05, 4.69) is 15.5 Å². The smallest absolute Gasteiger partial charge is 0.228 e. The molecule has 20 heavy (non-hydrogen) atoms. The molecule has 1 amide bonds. The van der Waals surface area contributed by atoms with Crippen molar-refractivity contribution in [1.82, 2.24) is 20.0 Å². The van der Waals surface area contributed by atoms with E-state index in [1.54, 1.807) is 12.3 Å². The second kappa shape index (κ2) is 5.11. The summed E-state index contributed by atoms with van der Waals surface area (Å²) in [6.07, 6.45) is 6.15. The highest BCUT2D eigenvalue weighted by atomic mass is 16.5. The van der Waals surface area contributed by atoms with Gasteiger partial charge in [-0.25, -0.2) is 4.98 Å². The number of hydrogen-bond acceptors (Lipinski definition) is 4. The Morgan fingerprint density at radius 3 is 2.95 bits per heavy atom. The van der Waals surface area contributed by atoms with Gasteiger partial charge in [0, 0.05) is 25.5 Å². The molecule has 6 nitrogen and oxygen atoms in total. The summed E-state index contributed by atoms with van der Waals surface area (Å²) < 4.78 is 7.04. The number of rotatable bonds is 5. The predicted octanol–water partition coefficient (Wildman–Crippen LogP) is 1.53. The van der Waals surface area contributed by atoms with Crippen LogP contribution in [-0.2, 0) is 18.3 Å². The van der Waals surface area contributed by atoms with Gasteiger partial charge < -0.3 is 14.4 Å². The van der Waals surface area contributed by atoms with Crippen LogP contribution in [0.25, 0.3) is 0 Å². The molecule has 0 aromatic carbocycles. The SMILES string of the molecule is Cc1cc(CC(=O)N[C@H](c2nccn2C)C2CC2)on1. The Kier molecular flexibility index (Phi) is 3.30. The molecule has 1 aliphatic carbocycles. The van der Waals surface area contributed by atoms with Gasteiger partial charge >= 0.3 is 0 Å². The van der Waals surface area contributed by atoms with E-state index in [4.69, 9.17) is 4.52 Å². The van der Waals surface area contributed by atoms with E-state index in [1.807, 2.05) is 24.7 Å². The number of aryl methyl sites for hydroxylation is 2. The Morgan fingerprint density at radius 2 is 2.40 bits per heavy atom. The lowest BCUT2D eigenvalue weighted by Crippen LogP contribution is -2.32. The van der Waals surface area contributed by atoms with Gasteiger partial charge in [-0.2, -0.15) is 0 Å². The van der Waals surface area contributed by atoms with Gasteiger partial charge in [0.2, 0.25) is 5.91 Å². The lowest BCUT2D eigenvalue weighted by molar-refractivity contribution is -0.121. The number of nitrogens with one attached hydrogen (secondary N) is 1. The molecule has 106 valence electrons. The molecule has 2 heterocycles. The normalized spacial score (nSPS) is 16.1. The van der Waals surface area contributed by atoms with Crippen LogP contribution in [0.1, 0.15) is 36.2 Å². The highest BCUT2D eigenvalue weighted by molar-refractivity contribution is 5.78. The number of hydrogen-bond donors (Lipinski definition) is 1. The summed E-state index contributed by atoms with van der Waals surface area (Å²) in [7, 11) is 1.95. The van der Waals surface area contributed by atoms with E-state index in [0.717, 1.165) is 24.4 Å². The molecule has 0 bridgehead atoms. The molecule has 0 unspecified atom stereocenters. The number of aromatic nitrogens is 3. The Morgan fingerprint density at radius 1 is 1.60 bits per heavy atom. The first-order chi connectivity index (χ1) is 9.63. The molecule has 3 rings (SSSR count). The van der Waals surface area contributed by atoms with Crippen molar-refractivity contribution in [3.8, 4) is 0 Å². The Balaban J connectivity index is 1.68. The third-order valence-electron chi connectivity index (χ3n) is 3.56. The molecule has 2 aromatic rings. The van der Waals surface area contributed by atoms with Gasteiger partial charge in [-0.05, 0) is 25.7 Å². The maximum atomic E-state index is 12.1. The standard InChI is InChI=1S/C14H18N4O2/c1-9-7-11(20-17-9)8-12(19)16-13(10-3-4-10)14-15-5-6-18(14)2/h5-7,10,13H,3-4,8H2,1-2H3,(H,16,19)/t13-/m0/s1. The first-order valence-corrected chi connectivity index (χ1v) is 6.82. The van der Waals surface area contributed by atoms with Gasteiger partial charge in [-0.1, -0.05) is 5.16 Å². The number of carbonyl (C=O) groups is 1. The maximum absolute atomic E-state index is 12.1. The fourth-order valence-corrected chi connectivity index (χ4v) is 2.38. The van der Waals surface area contributed by atoms with Crippen molar-refractivity contribution in [2.45, 2.75) is 32.2 Å². The highest BCUT2D eigenvalue weighted by Crippen LogP contribution is 2.40. The molecule has 1 fully saturated rings. The molecule has 6 heteroatoms. The monoisotopic (exact) mass is 274 g/mol. The van der Waals surface area contributed by atoms with Crippen LogP contribution < -0.4 is 5.32 Å². The topological polar surface area (TPSA) is 73.0 Å². The van der Waals surface area contributed by atoms with Crippen LogP contribution in [0.3, 0.4) is 0 Å². The molecule has 1 aliphatic rings. The van der Waals surface area contributed by atoms with E-state index >= 15 is 0 Å². The molecule has 0 saturated heterocycles. The van der Waals surface area contributed by atoms with Gasteiger partial charge in [0.15, 0.2) is 0 Å². The molecule has 2 aromatic heterocycles. The summed E-state index contributed by atoms with van der Waals surface area (Å²) in [5, 5.41) is 6.86. The Labute approximate surface area is 117 Å². The van der Waals surface area contributed by atoms with Crippen LogP contribution in [-0.4, -0.2) is 20.6 Å². The third kappa shape index (κ3) is 2.74. The lowest BCUT2D eigenvalue weighted by atomic mass is 10.1. The number of nitrogens with zero attached hydrogens (tertiary/aromatic N) is 3. The number of amides is 1. The Bertz CT molecular complexity index is 612. The molecule has 0 spiro atoms. The number of carbonyl (C=O) groups excluding carboxylic acids is 1. The average molecular weight is 274 g/mol. The fraction of sp³-hybridized carbons (Fsp3) is 0.500. The molecular weight excluding hydrogens is 256 g/mol. The molecule has 0 aliphatic heterocycles. The van der Waals surface area contributed by atoms with Gasteiger partial charge in [0.1, 0.15) is 11.6 Å². The van der Waals surface area contributed by atoms with Crippen molar-refractivity contribution in [3.63, 3.8) is 0 Å². The van der Waals surface area contributed by atoms with Crippen LogP contribution in [0.5, 0.6) is 0 Å². The van der Waals surface area contributed by atoms with Crippen LogP contribution in [0, 0.1) is 12.8 Å². The van der Waals surface area contributed by atoms with E-state index < -0.39 is 0 Å². The first kappa shape index (κ1) is 12.9. The summed E-state index contributed by atoms with van der Waals surface area (Å²) in [5.41, 5.74) is 0.788. The largest absolute Gasteiger partial charge is 0.361 e. The Hall–Kier alpha value is -2.11. The van der Waals surface area contributed by atoms with Gasteiger partial charge in [0.25, 0.3) is 0 Å². The van der Waals surface area contributed by atoms with Crippen molar-refractivity contribution in [2.24, 2.45) is 13.0 Å². The minimum Gasteiger partial charge on any atom is -0.361 e. The summed E-state index contributed by atoms with van der Waals surface area (Å²) in [6, 6.07) is 1.78. The summed E-state index contributed by atoms with van der Waals surface area (Å²) in [4.78, 5) is 16.5. The van der Waals surface area contributed by atoms with E-state index in [9.17, 15) is 4.79 Å². The van der Waals surface area contributed by atoms with Crippen LogP contribution in [0.2, 0.25) is 0 Å². The van der Waals surface area contributed by atoms with Crippen molar-refractivity contribution >= 4 is 5.91 Å². The molecule has 0 radical (unpaired) electrons. The predicted molar refractivity (Wildman–Crippen MR) is 71.8 cm³/mol. The third-order valence-corrected chi connectivity index (χ3v) is 3.56. The van der Waals surface area contributed by atoms with Gasteiger partial charge in [-0.3, -0.25) is 4.79 Å². The maximum Gasteiger partial charge on any atom is 0.228 e. The quantitative estimate of drug-likeness (QED) is 0.897. The van der Waals surface area contributed by atoms with Crippen molar-refractivity contribution in [2.75, 3.05) is 0 Å². The van der Waals surface area contributed by atoms with E-state index in [1.165, 1.54) is 0 Å². The second-order valence-corrected chi connectivity index (χ2v) is 5.39. The van der Waals surface area contributed by atoms with E-state index in [0.29, 0.717) is 11.7 Å². The minimum atomic E-state index is -0.0546. The zero-order valence-electron chi connectivity index (χ0n) is 11.7. The molecule has 1 atom stereocenters. The highest BCUT2D eigenvalue weighted by Gasteiger charge is 2.35. The zero-order valence-corrected chi connectivity index (χ0v) is 11.7. The van der Waals surface area contributed by atoms with Crippen molar-refractivity contribution in [1.29, 1.82) is 0 Å². The molecule has 1 saturated carbocycles. The molecular formula is C14H18N4O2. The summed E-state index contributed by atoms with van der Waals surface area (Å²) in [5.74, 6) is 1.95. The van der Waals surface area contributed by atoms with Crippen molar-refractivity contribution in [3.05, 3.63) is 35.7 Å². The lowest BCUT2D eigenvalue weighted by Gasteiger charge is -2.17. The average Bonchev–Trinajstić information content (AvgIpc) is 3.04. The van der Waals surface area contributed by atoms with Crippen LogP contribution in [0.15, 0.2) is 23.0 Å². The fourth-order valence-electron chi connectivity index (χ4n) is 2.38. The van der Waals surface area contributed by atoms with Crippen molar-refractivity contribution < 1.29 is 9.32 Å². The summed E-state index contributed by atoms with van der Waals surface area (Å²) in [6.45, 7) is 1.84. The number of imidazole rings is 1. The molecule has 1 N–H and O–H groups in total. The summed E-state index contributed by atoms with van der Waals surface area (Å²) >= 11 is 0. The first-order valence-electron chi connectivity index (χ1n) is 6.82. The van der Waals surface area contributed by atoms with Gasteiger partial charge in [0.05, 0.1) is 18.2 Å². The van der Waals surface area contributed by atoms with Gasteiger partial charge in [-0.15, -0.1) is 0 Å². The zero-order chi connectivity index (χ0) is 14.1. The van der Waals surface area contributed by atoms with E-state index in [-0.39, 0.29) is 18.4 Å². The second-order valence-electron chi connectivity index (χ2n) is 5.39. The van der Waals surface area contributed by atoms with Crippen LogP contribution >= 0.6 is 0 Å².